The molecule has 25 heavy (non-hydrogen) atoms. The molecule has 2 fully saturated rings. The van der Waals surface area contributed by atoms with Crippen molar-refractivity contribution in [2.45, 2.75) is 44.8 Å². The number of nitrogens with zero attached hydrogens (tertiary/aromatic N) is 2. The number of carbonyl (C=O) groups excluding carboxylic acids is 1. The van der Waals surface area contributed by atoms with E-state index in [1.165, 1.54) is 18.5 Å². The van der Waals surface area contributed by atoms with Crippen LogP contribution in [0.15, 0.2) is 24.3 Å². The number of amides is 1. The summed E-state index contributed by atoms with van der Waals surface area (Å²) >= 11 is 0. The summed E-state index contributed by atoms with van der Waals surface area (Å²) in [5.41, 5.74) is 1.22. The van der Waals surface area contributed by atoms with Crippen molar-refractivity contribution >= 4 is 11.6 Å². The van der Waals surface area contributed by atoms with Gasteiger partial charge in [0, 0.05) is 31.9 Å². The smallest absolute Gasteiger partial charge is 0.251 e. The molecule has 3 rings (SSSR count). The van der Waals surface area contributed by atoms with Crippen molar-refractivity contribution in [3.8, 4) is 5.75 Å². The number of rotatable bonds is 7. The van der Waals surface area contributed by atoms with Gasteiger partial charge in [0.25, 0.3) is 5.91 Å². The average Bonchev–Trinajstić information content (AvgIpc) is 3.49. The molecule has 1 heterocycles. The summed E-state index contributed by atoms with van der Waals surface area (Å²) in [6.45, 7) is 4.54. The van der Waals surface area contributed by atoms with Crippen molar-refractivity contribution in [3.05, 3.63) is 24.3 Å². The molecule has 0 unspecified atom stereocenters. The minimum atomic E-state index is -0.329. The standard InChI is InChI=1S/C20H30N2O3/c1-15(25-14-16-4-5-16)20(23)21(2)17-10-12-22(13-11-17)18-6-8-19(24-3)9-7-18/h6-9,15-17H,4-5,10-14H2,1-3H3/t15-/m1/s1. The van der Waals surface area contributed by atoms with E-state index in [2.05, 4.69) is 17.0 Å². The van der Waals surface area contributed by atoms with E-state index in [0.29, 0.717) is 12.0 Å². The molecule has 5 heteroatoms. The fourth-order valence-corrected chi connectivity index (χ4v) is 3.41. The van der Waals surface area contributed by atoms with Crippen molar-refractivity contribution in [3.63, 3.8) is 0 Å². The van der Waals surface area contributed by atoms with E-state index in [1.54, 1.807) is 7.11 Å². The molecule has 0 spiro atoms. The van der Waals surface area contributed by atoms with Gasteiger partial charge in [0.1, 0.15) is 11.9 Å². The molecular formula is C20H30N2O3. The Balaban J connectivity index is 1.47. The van der Waals surface area contributed by atoms with Gasteiger partial charge in [0.15, 0.2) is 0 Å². The van der Waals surface area contributed by atoms with E-state index in [-0.39, 0.29) is 12.0 Å². The molecule has 5 nitrogen and oxygen atoms in total. The molecule has 1 saturated heterocycles. The minimum absolute atomic E-state index is 0.114. The summed E-state index contributed by atoms with van der Waals surface area (Å²) in [7, 11) is 3.61. The first-order chi connectivity index (χ1) is 12.1. The second-order valence-corrected chi connectivity index (χ2v) is 7.28. The van der Waals surface area contributed by atoms with Gasteiger partial charge < -0.3 is 19.3 Å². The molecule has 1 saturated carbocycles. The Morgan fingerprint density at radius 3 is 2.40 bits per heavy atom. The number of ether oxygens (including phenoxy) is 2. The first-order valence-corrected chi connectivity index (χ1v) is 9.35. The monoisotopic (exact) mass is 346 g/mol. The zero-order valence-corrected chi connectivity index (χ0v) is 15.6. The molecule has 1 atom stereocenters. The second kappa shape index (κ2) is 8.09. The van der Waals surface area contributed by atoms with E-state index in [4.69, 9.17) is 9.47 Å². The molecule has 138 valence electrons. The predicted octanol–water partition coefficient (Wildman–Crippen LogP) is 2.94. The molecule has 1 aliphatic heterocycles. The maximum atomic E-state index is 12.6. The van der Waals surface area contributed by atoms with Crippen molar-refractivity contribution < 1.29 is 14.3 Å². The fourth-order valence-electron chi connectivity index (χ4n) is 3.41. The lowest BCUT2D eigenvalue weighted by atomic mass is 10.0. The lowest BCUT2D eigenvalue weighted by Crippen LogP contribution is -2.48. The Bertz CT molecular complexity index is 563. The van der Waals surface area contributed by atoms with Crippen LogP contribution in [0.3, 0.4) is 0 Å². The third-order valence-corrected chi connectivity index (χ3v) is 5.42. The van der Waals surface area contributed by atoms with E-state index >= 15 is 0 Å². The van der Waals surface area contributed by atoms with Gasteiger partial charge in [0.2, 0.25) is 0 Å². The van der Waals surface area contributed by atoms with Gasteiger partial charge in [-0.15, -0.1) is 0 Å². The molecule has 0 bridgehead atoms. The van der Waals surface area contributed by atoms with Crippen LogP contribution in [-0.4, -0.2) is 56.8 Å². The highest BCUT2D eigenvalue weighted by molar-refractivity contribution is 5.80. The topological polar surface area (TPSA) is 42.0 Å². The number of benzene rings is 1. The fraction of sp³-hybridized carbons (Fsp3) is 0.650. The maximum absolute atomic E-state index is 12.6. The Hall–Kier alpha value is -1.75. The van der Waals surface area contributed by atoms with Crippen molar-refractivity contribution in [1.82, 2.24) is 4.90 Å². The molecule has 1 aromatic carbocycles. The zero-order valence-electron chi connectivity index (χ0n) is 15.6. The van der Waals surface area contributed by atoms with Crippen LogP contribution in [-0.2, 0) is 9.53 Å². The number of carbonyl (C=O) groups is 1. The summed E-state index contributed by atoms with van der Waals surface area (Å²) < 4.78 is 11.0. The van der Waals surface area contributed by atoms with Crippen LogP contribution in [0, 0.1) is 5.92 Å². The molecule has 1 amide bonds. The molecule has 0 N–H and O–H groups in total. The van der Waals surface area contributed by atoms with E-state index in [0.717, 1.165) is 38.3 Å². The number of anilines is 1. The predicted molar refractivity (Wildman–Crippen MR) is 99.1 cm³/mol. The Kier molecular flexibility index (Phi) is 5.84. The molecule has 2 aliphatic rings. The van der Waals surface area contributed by atoms with Crippen LogP contribution in [0.5, 0.6) is 5.75 Å². The number of likely N-dealkylation sites (N-methyl/N-ethyl adjacent to an activating group) is 1. The van der Waals surface area contributed by atoms with Crippen LogP contribution < -0.4 is 9.64 Å². The lowest BCUT2D eigenvalue weighted by Gasteiger charge is -2.38. The third-order valence-electron chi connectivity index (χ3n) is 5.42. The normalized spacial score (nSPS) is 19.6. The molecule has 1 aromatic rings. The van der Waals surface area contributed by atoms with Gasteiger partial charge in [-0.2, -0.15) is 0 Å². The second-order valence-electron chi connectivity index (χ2n) is 7.28. The summed E-state index contributed by atoms with van der Waals surface area (Å²) in [6.07, 6.45) is 4.15. The van der Waals surface area contributed by atoms with E-state index in [1.807, 2.05) is 31.0 Å². The highest BCUT2D eigenvalue weighted by atomic mass is 16.5. The third kappa shape index (κ3) is 4.66. The number of hydrogen-bond acceptors (Lipinski definition) is 4. The average molecular weight is 346 g/mol. The first kappa shape index (κ1) is 18.1. The SMILES string of the molecule is COc1ccc(N2CCC(N(C)C(=O)[C@@H](C)OCC3CC3)CC2)cc1. The van der Waals surface area contributed by atoms with E-state index in [9.17, 15) is 4.79 Å². The largest absolute Gasteiger partial charge is 0.497 e. The highest BCUT2D eigenvalue weighted by Gasteiger charge is 2.29. The van der Waals surface area contributed by atoms with Gasteiger partial charge in [-0.25, -0.2) is 0 Å². The van der Waals surface area contributed by atoms with Crippen LogP contribution >= 0.6 is 0 Å². The first-order valence-electron chi connectivity index (χ1n) is 9.35. The van der Waals surface area contributed by atoms with E-state index < -0.39 is 0 Å². The van der Waals surface area contributed by atoms with Gasteiger partial charge in [-0.05, 0) is 62.8 Å². The van der Waals surface area contributed by atoms with Gasteiger partial charge in [-0.3, -0.25) is 4.79 Å². The van der Waals surface area contributed by atoms with Crippen LogP contribution in [0.2, 0.25) is 0 Å². The quantitative estimate of drug-likeness (QED) is 0.761. The molecular weight excluding hydrogens is 316 g/mol. The molecule has 0 aromatic heterocycles. The molecule has 0 radical (unpaired) electrons. The highest BCUT2D eigenvalue weighted by Crippen LogP contribution is 2.29. The Morgan fingerprint density at radius 1 is 1.20 bits per heavy atom. The van der Waals surface area contributed by atoms with Crippen molar-refractivity contribution in [2.75, 3.05) is 38.8 Å². The number of hydrogen-bond donors (Lipinski definition) is 0. The van der Waals surface area contributed by atoms with Gasteiger partial charge in [0.05, 0.1) is 13.7 Å². The number of methoxy groups -OCH3 is 1. The van der Waals surface area contributed by atoms with Crippen LogP contribution in [0.4, 0.5) is 5.69 Å². The van der Waals surface area contributed by atoms with Gasteiger partial charge >= 0.3 is 0 Å². The summed E-state index contributed by atoms with van der Waals surface area (Å²) in [5.74, 6) is 1.68. The Labute approximate surface area is 150 Å². The van der Waals surface area contributed by atoms with Gasteiger partial charge in [-0.1, -0.05) is 0 Å². The lowest BCUT2D eigenvalue weighted by molar-refractivity contribution is -0.144. The summed E-state index contributed by atoms with van der Waals surface area (Å²) in [4.78, 5) is 16.9. The van der Waals surface area contributed by atoms with Crippen LogP contribution in [0.25, 0.3) is 0 Å². The minimum Gasteiger partial charge on any atom is -0.497 e. The van der Waals surface area contributed by atoms with Crippen LogP contribution in [0.1, 0.15) is 32.6 Å². The van der Waals surface area contributed by atoms with Crippen molar-refractivity contribution in [1.29, 1.82) is 0 Å². The zero-order chi connectivity index (χ0) is 17.8. The molecule has 1 aliphatic carbocycles. The maximum Gasteiger partial charge on any atom is 0.251 e. The van der Waals surface area contributed by atoms with Crippen molar-refractivity contribution in [2.24, 2.45) is 5.92 Å². The Morgan fingerprint density at radius 2 is 1.84 bits per heavy atom. The number of piperidine rings is 1. The summed E-state index contributed by atoms with van der Waals surface area (Å²) in [6, 6.07) is 8.49. The summed E-state index contributed by atoms with van der Waals surface area (Å²) in [5, 5.41) is 0.